The first-order chi connectivity index (χ1) is 17.6. The molecule has 3 heterocycles. The average molecular weight is 478 g/mol. The Morgan fingerprint density at radius 3 is 2.64 bits per heavy atom. The number of hydrogen-bond donors (Lipinski definition) is 2. The number of aromatic nitrogens is 5. The van der Waals surface area contributed by atoms with Crippen LogP contribution in [0.15, 0.2) is 91.6 Å². The largest absolute Gasteiger partial charge is 0.438 e. The molecule has 0 aliphatic carbocycles. The molecule has 9 heteroatoms. The summed E-state index contributed by atoms with van der Waals surface area (Å²) in [5, 5.41) is 5.86. The van der Waals surface area contributed by atoms with Crippen molar-refractivity contribution in [1.82, 2.24) is 24.5 Å². The molecule has 178 valence electrons. The van der Waals surface area contributed by atoms with E-state index < -0.39 is 0 Å². The van der Waals surface area contributed by atoms with Crippen molar-refractivity contribution >= 4 is 17.5 Å². The predicted octanol–water partition coefficient (Wildman–Crippen LogP) is 5.12. The second-order valence-corrected chi connectivity index (χ2v) is 7.92. The second kappa shape index (κ2) is 10.1. The van der Waals surface area contributed by atoms with Crippen LogP contribution in [0.1, 0.15) is 15.9 Å². The van der Waals surface area contributed by atoms with Gasteiger partial charge < -0.3 is 19.9 Å². The lowest BCUT2D eigenvalue weighted by atomic mass is 10.1. The number of pyridine rings is 1. The third-order valence-electron chi connectivity index (χ3n) is 5.47. The summed E-state index contributed by atoms with van der Waals surface area (Å²) in [7, 11) is 1.74. The Morgan fingerprint density at radius 2 is 1.81 bits per heavy atom. The van der Waals surface area contributed by atoms with Gasteiger partial charge in [0.25, 0.3) is 5.91 Å². The molecule has 5 rings (SSSR count). The molecule has 5 aromatic rings. The third-order valence-corrected chi connectivity index (χ3v) is 5.47. The fourth-order valence-electron chi connectivity index (χ4n) is 3.60. The predicted molar refractivity (Wildman–Crippen MR) is 138 cm³/mol. The first-order valence-corrected chi connectivity index (χ1v) is 11.3. The molecule has 0 unspecified atom stereocenters. The van der Waals surface area contributed by atoms with Gasteiger partial charge in [-0.25, -0.2) is 15.0 Å². The number of rotatable bonds is 7. The van der Waals surface area contributed by atoms with Crippen LogP contribution in [-0.2, 0) is 0 Å². The molecule has 0 bridgehead atoms. The van der Waals surface area contributed by atoms with E-state index in [0.717, 1.165) is 11.3 Å². The minimum absolute atomic E-state index is 0.220. The summed E-state index contributed by atoms with van der Waals surface area (Å²) in [6.07, 6.45) is 6.93. The first kappa shape index (κ1) is 22.7. The van der Waals surface area contributed by atoms with E-state index in [4.69, 9.17) is 4.74 Å². The summed E-state index contributed by atoms with van der Waals surface area (Å²) in [4.78, 5) is 30.1. The Bertz CT molecular complexity index is 1520. The van der Waals surface area contributed by atoms with Crippen LogP contribution in [-0.4, -0.2) is 37.5 Å². The van der Waals surface area contributed by atoms with Crippen LogP contribution >= 0.6 is 0 Å². The van der Waals surface area contributed by atoms with Crippen molar-refractivity contribution in [3.8, 4) is 28.7 Å². The summed E-state index contributed by atoms with van der Waals surface area (Å²) in [5.74, 6) is 1.55. The van der Waals surface area contributed by atoms with Gasteiger partial charge in [0.2, 0.25) is 11.8 Å². The molecule has 0 aliphatic rings. The van der Waals surface area contributed by atoms with Crippen molar-refractivity contribution in [2.24, 2.45) is 0 Å². The fourth-order valence-corrected chi connectivity index (χ4v) is 3.60. The van der Waals surface area contributed by atoms with E-state index in [9.17, 15) is 4.79 Å². The van der Waals surface area contributed by atoms with Crippen molar-refractivity contribution < 1.29 is 9.53 Å². The zero-order chi connectivity index (χ0) is 24.9. The zero-order valence-corrected chi connectivity index (χ0v) is 19.7. The number of benzene rings is 2. The van der Waals surface area contributed by atoms with E-state index in [1.165, 1.54) is 6.33 Å². The maximum absolute atomic E-state index is 13.0. The average Bonchev–Trinajstić information content (AvgIpc) is 3.46. The van der Waals surface area contributed by atoms with Gasteiger partial charge in [-0.15, -0.1) is 0 Å². The molecule has 36 heavy (non-hydrogen) atoms. The van der Waals surface area contributed by atoms with E-state index >= 15 is 0 Å². The Balaban J connectivity index is 1.39. The zero-order valence-electron chi connectivity index (χ0n) is 19.7. The Kier molecular flexibility index (Phi) is 6.35. The lowest BCUT2D eigenvalue weighted by Gasteiger charge is -2.13. The van der Waals surface area contributed by atoms with Gasteiger partial charge in [-0.2, -0.15) is 4.98 Å². The summed E-state index contributed by atoms with van der Waals surface area (Å²) in [5.41, 5.74) is 3.55. The van der Waals surface area contributed by atoms with Gasteiger partial charge in [-0.1, -0.05) is 12.1 Å². The van der Waals surface area contributed by atoms with Crippen LogP contribution in [0.2, 0.25) is 0 Å². The Hall–Kier alpha value is -5.05. The van der Waals surface area contributed by atoms with Crippen molar-refractivity contribution in [2.75, 3.05) is 17.7 Å². The van der Waals surface area contributed by atoms with Crippen LogP contribution in [0.4, 0.5) is 11.6 Å². The molecule has 0 aliphatic heterocycles. The summed E-state index contributed by atoms with van der Waals surface area (Å²) >= 11 is 0. The Labute approximate surface area is 207 Å². The molecule has 0 fully saturated rings. The van der Waals surface area contributed by atoms with Crippen LogP contribution in [0.25, 0.3) is 17.1 Å². The number of nitrogens with zero attached hydrogens (tertiary/aromatic N) is 5. The lowest BCUT2D eigenvalue weighted by molar-refractivity contribution is 0.102. The van der Waals surface area contributed by atoms with Gasteiger partial charge in [-0.05, 0) is 61.0 Å². The molecule has 0 saturated heterocycles. The number of carbonyl (C=O) groups is 1. The monoisotopic (exact) mass is 477 g/mol. The maximum atomic E-state index is 13.0. The number of hydrogen-bond acceptors (Lipinski definition) is 7. The van der Waals surface area contributed by atoms with Gasteiger partial charge in [0, 0.05) is 48.6 Å². The quantitative estimate of drug-likeness (QED) is 0.335. The molecule has 1 amide bonds. The maximum Gasteiger partial charge on any atom is 0.255 e. The van der Waals surface area contributed by atoms with E-state index in [1.807, 2.05) is 72.4 Å². The van der Waals surface area contributed by atoms with E-state index in [1.54, 1.807) is 31.4 Å². The summed E-state index contributed by atoms with van der Waals surface area (Å²) in [6.45, 7) is 1.92. The molecule has 0 atom stereocenters. The highest BCUT2D eigenvalue weighted by Crippen LogP contribution is 2.32. The molecule has 0 saturated carbocycles. The topological polar surface area (TPSA) is 107 Å². The van der Waals surface area contributed by atoms with Crippen LogP contribution in [0.3, 0.4) is 0 Å². The minimum atomic E-state index is -0.220. The van der Waals surface area contributed by atoms with Crippen LogP contribution in [0.5, 0.6) is 11.6 Å². The van der Waals surface area contributed by atoms with Crippen molar-refractivity contribution in [1.29, 1.82) is 0 Å². The van der Waals surface area contributed by atoms with Gasteiger partial charge in [0.05, 0.1) is 5.56 Å². The molecule has 9 nitrogen and oxygen atoms in total. The van der Waals surface area contributed by atoms with Gasteiger partial charge >= 0.3 is 0 Å². The van der Waals surface area contributed by atoms with Gasteiger partial charge in [-0.3, -0.25) is 4.79 Å². The smallest absolute Gasteiger partial charge is 0.255 e. The highest BCUT2D eigenvalue weighted by atomic mass is 16.5. The van der Waals surface area contributed by atoms with Crippen molar-refractivity contribution in [2.45, 2.75) is 6.92 Å². The molecule has 0 radical (unpaired) electrons. The van der Waals surface area contributed by atoms with E-state index in [-0.39, 0.29) is 5.91 Å². The van der Waals surface area contributed by atoms with Crippen LogP contribution in [0, 0.1) is 6.92 Å². The summed E-state index contributed by atoms with van der Waals surface area (Å²) in [6, 6.07) is 20.4. The number of carbonyl (C=O) groups excluding carboxylic acids is 1. The van der Waals surface area contributed by atoms with Crippen molar-refractivity contribution in [3.63, 3.8) is 0 Å². The van der Waals surface area contributed by atoms with E-state index in [0.29, 0.717) is 40.2 Å². The van der Waals surface area contributed by atoms with Gasteiger partial charge in [0.1, 0.15) is 12.1 Å². The standard InChI is InChI=1S/C27H23N7O2/c1-18-10-11-20(32-25(35)19-7-5-8-21(15-19)34-13-3-4-14-34)16-23(18)36-26-22(9-6-12-29-26)24-30-17-31-27(28-2)33-24/h3-17H,1-2H3,(H,32,35)(H,28,30,31,33). The third kappa shape index (κ3) is 4.90. The first-order valence-electron chi connectivity index (χ1n) is 11.3. The molecular formula is C27H23N7O2. The lowest BCUT2D eigenvalue weighted by Crippen LogP contribution is -2.12. The second-order valence-electron chi connectivity index (χ2n) is 7.92. The van der Waals surface area contributed by atoms with Crippen molar-refractivity contribution in [3.05, 3.63) is 103 Å². The highest BCUT2D eigenvalue weighted by molar-refractivity contribution is 6.04. The molecule has 2 N–H and O–H groups in total. The fraction of sp³-hybridized carbons (Fsp3) is 0.0741. The number of nitrogens with one attached hydrogen (secondary N) is 2. The summed E-state index contributed by atoms with van der Waals surface area (Å²) < 4.78 is 8.13. The SMILES string of the molecule is CNc1ncnc(-c2cccnc2Oc2cc(NC(=O)c3cccc(-n4cccc4)c3)ccc2C)n1. The molecule has 2 aromatic carbocycles. The van der Waals surface area contributed by atoms with E-state index in [2.05, 4.69) is 30.6 Å². The number of aryl methyl sites for hydroxylation is 1. The molecular weight excluding hydrogens is 454 g/mol. The number of ether oxygens (including phenoxy) is 1. The highest BCUT2D eigenvalue weighted by Gasteiger charge is 2.15. The van der Waals surface area contributed by atoms with Crippen LogP contribution < -0.4 is 15.4 Å². The van der Waals surface area contributed by atoms with Gasteiger partial charge in [0.15, 0.2) is 5.82 Å². The minimum Gasteiger partial charge on any atom is -0.438 e. The Morgan fingerprint density at radius 1 is 0.944 bits per heavy atom. The number of amides is 1. The number of anilines is 2. The normalized spacial score (nSPS) is 10.6. The molecule has 3 aromatic heterocycles. The molecule has 0 spiro atoms.